The minimum Gasteiger partial charge on any atom is -0.349 e. The number of hydrogen-bond donors (Lipinski definition) is 2. The summed E-state index contributed by atoms with van der Waals surface area (Å²) in [5.41, 5.74) is 1.28. The van der Waals surface area contributed by atoms with E-state index < -0.39 is 0 Å². The molecular weight excluding hydrogens is 329 g/mol. The molecule has 7 heteroatoms. The molecule has 0 atom stereocenters. The van der Waals surface area contributed by atoms with Crippen LogP contribution in [-0.2, 0) is 0 Å². The summed E-state index contributed by atoms with van der Waals surface area (Å²) in [5.74, 6) is -0.155. The van der Waals surface area contributed by atoms with Gasteiger partial charge in [0.15, 0.2) is 0 Å². The topological polar surface area (TPSA) is 54.0 Å². The Morgan fingerprint density at radius 3 is 2.81 bits per heavy atom. The van der Waals surface area contributed by atoms with Crippen molar-refractivity contribution in [2.24, 2.45) is 0 Å². The molecule has 1 aromatic carbocycles. The van der Waals surface area contributed by atoms with Crippen LogP contribution in [0.15, 0.2) is 29.6 Å². The van der Waals surface area contributed by atoms with Gasteiger partial charge in [-0.2, -0.15) is 0 Å². The number of hydrogen-bond acceptors (Lipinski definition) is 4. The summed E-state index contributed by atoms with van der Waals surface area (Å²) in [6.45, 7) is 4.26. The Bertz CT molecular complexity index is 589. The van der Waals surface area contributed by atoms with Crippen LogP contribution in [0, 0.1) is 0 Å². The van der Waals surface area contributed by atoms with Crippen molar-refractivity contribution in [3.05, 3.63) is 40.4 Å². The van der Waals surface area contributed by atoms with Gasteiger partial charge in [-0.3, -0.25) is 4.79 Å². The summed E-state index contributed by atoms with van der Waals surface area (Å²) in [7, 11) is 0. The first-order valence-corrected chi connectivity index (χ1v) is 7.67. The Hall–Kier alpha value is -1.14. The second-order valence-electron chi connectivity index (χ2n) is 4.13. The van der Waals surface area contributed by atoms with Crippen molar-refractivity contribution < 1.29 is 4.79 Å². The minimum absolute atomic E-state index is 0. The molecule has 0 aliphatic carbocycles. The normalized spacial score (nSPS) is 10.0. The van der Waals surface area contributed by atoms with Gasteiger partial charge in [0, 0.05) is 24.0 Å². The van der Waals surface area contributed by atoms with E-state index in [-0.39, 0.29) is 18.3 Å². The van der Waals surface area contributed by atoms with E-state index in [9.17, 15) is 4.79 Å². The van der Waals surface area contributed by atoms with Gasteiger partial charge in [0.2, 0.25) is 0 Å². The summed E-state index contributed by atoms with van der Waals surface area (Å²) < 4.78 is 0. The monoisotopic (exact) mass is 345 g/mol. The van der Waals surface area contributed by atoms with Crippen LogP contribution in [0.1, 0.15) is 17.4 Å². The van der Waals surface area contributed by atoms with Gasteiger partial charge in [-0.15, -0.1) is 23.7 Å². The molecule has 114 valence electrons. The van der Waals surface area contributed by atoms with Crippen molar-refractivity contribution in [3.63, 3.8) is 0 Å². The third kappa shape index (κ3) is 4.97. The third-order valence-corrected chi connectivity index (χ3v) is 3.88. The largest absolute Gasteiger partial charge is 0.349 e. The standard InChI is InChI=1S/C14H16ClN3OS.ClH/c1-2-16-7-8-17-13(19)12-9-20-14(18-12)10-5-3-4-6-11(10)15;/h3-6,9,16H,2,7-8H2,1H3,(H,17,19);1H. The minimum atomic E-state index is -0.155. The highest BCUT2D eigenvalue weighted by Gasteiger charge is 2.12. The van der Waals surface area contributed by atoms with E-state index >= 15 is 0 Å². The molecule has 1 heterocycles. The highest BCUT2D eigenvalue weighted by molar-refractivity contribution is 7.13. The number of carbonyl (C=O) groups is 1. The lowest BCUT2D eigenvalue weighted by Gasteiger charge is -2.03. The number of carbonyl (C=O) groups excluding carboxylic acids is 1. The van der Waals surface area contributed by atoms with Gasteiger partial charge in [0.25, 0.3) is 5.91 Å². The molecule has 0 aliphatic heterocycles. The molecule has 0 bridgehead atoms. The molecule has 2 rings (SSSR count). The van der Waals surface area contributed by atoms with Crippen LogP contribution in [0.2, 0.25) is 5.02 Å². The van der Waals surface area contributed by atoms with E-state index in [4.69, 9.17) is 11.6 Å². The third-order valence-electron chi connectivity index (χ3n) is 2.68. The number of nitrogens with one attached hydrogen (secondary N) is 2. The number of rotatable bonds is 6. The summed E-state index contributed by atoms with van der Waals surface area (Å²) >= 11 is 7.54. The smallest absolute Gasteiger partial charge is 0.270 e. The number of benzene rings is 1. The van der Waals surface area contributed by atoms with Gasteiger partial charge in [0.1, 0.15) is 10.7 Å². The highest BCUT2D eigenvalue weighted by Crippen LogP contribution is 2.29. The van der Waals surface area contributed by atoms with Gasteiger partial charge >= 0.3 is 0 Å². The van der Waals surface area contributed by atoms with Crippen molar-refractivity contribution in [2.45, 2.75) is 6.92 Å². The maximum atomic E-state index is 11.9. The number of amides is 1. The molecular formula is C14H17Cl2N3OS. The second kappa shape index (κ2) is 9.00. The van der Waals surface area contributed by atoms with Crippen LogP contribution in [0.5, 0.6) is 0 Å². The molecule has 0 spiro atoms. The molecule has 1 amide bonds. The number of likely N-dealkylation sites (N-methyl/N-ethyl adjacent to an activating group) is 1. The molecule has 0 unspecified atom stereocenters. The van der Waals surface area contributed by atoms with E-state index in [2.05, 4.69) is 15.6 Å². The number of halogens is 2. The van der Waals surface area contributed by atoms with E-state index in [0.29, 0.717) is 17.3 Å². The number of nitrogens with zero attached hydrogens (tertiary/aromatic N) is 1. The molecule has 0 saturated heterocycles. The number of aromatic nitrogens is 1. The predicted molar refractivity (Wildman–Crippen MR) is 90.7 cm³/mol. The fourth-order valence-corrected chi connectivity index (χ4v) is 2.79. The Morgan fingerprint density at radius 2 is 2.10 bits per heavy atom. The molecule has 4 nitrogen and oxygen atoms in total. The first kappa shape index (κ1) is 17.9. The molecule has 1 aromatic heterocycles. The lowest BCUT2D eigenvalue weighted by molar-refractivity contribution is 0.0950. The average molecular weight is 346 g/mol. The fraction of sp³-hybridized carbons (Fsp3) is 0.286. The van der Waals surface area contributed by atoms with Crippen LogP contribution in [-0.4, -0.2) is 30.5 Å². The highest BCUT2D eigenvalue weighted by atomic mass is 35.5. The van der Waals surface area contributed by atoms with Gasteiger partial charge in [-0.1, -0.05) is 36.7 Å². The van der Waals surface area contributed by atoms with Crippen LogP contribution in [0.4, 0.5) is 0 Å². The Kier molecular flexibility index (Phi) is 7.67. The molecule has 2 aromatic rings. The van der Waals surface area contributed by atoms with E-state index in [1.54, 1.807) is 5.38 Å². The lowest BCUT2D eigenvalue weighted by Crippen LogP contribution is -2.31. The quantitative estimate of drug-likeness (QED) is 0.790. The van der Waals surface area contributed by atoms with Gasteiger partial charge in [-0.25, -0.2) is 4.98 Å². The van der Waals surface area contributed by atoms with Crippen LogP contribution in [0.25, 0.3) is 10.6 Å². The maximum absolute atomic E-state index is 11.9. The van der Waals surface area contributed by atoms with Gasteiger partial charge in [0.05, 0.1) is 5.02 Å². The summed E-state index contributed by atoms with van der Waals surface area (Å²) in [4.78, 5) is 16.3. The van der Waals surface area contributed by atoms with Crippen molar-refractivity contribution in [1.82, 2.24) is 15.6 Å². The first-order valence-electron chi connectivity index (χ1n) is 6.41. The molecule has 0 saturated carbocycles. The molecule has 0 aliphatic rings. The SMILES string of the molecule is CCNCCNC(=O)c1csc(-c2ccccc2Cl)n1.Cl. The average Bonchev–Trinajstić information content (AvgIpc) is 2.93. The van der Waals surface area contributed by atoms with Crippen LogP contribution >= 0.6 is 35.3 Å². The molecule has 2 N–H and O–H groups in total. The maximum Gasteiger partial charge on any atom is 0.270 e. The van der Waals surface area contributed by atoms with Gasteiger partial charge in [-0.05, 0) is 12.6 Å². The van der Waals surface area contributed by atoms with Crippen LogP contribution < -0.4 is 10.6 Å². The second-order valence-corrected chi connectivity index (χ2v) is 5.39. The van der Waals surface area contributed by atoms with Crippen molar-refractivity contribution in [1.29, 1.82) is 0 Å². The van der Waals surface area contributed by atoms with E-state index in [1.165, 1.54) is 11.3 Å². The van der Waals surface area contributed by atoms with E-state index in [0.717, 1.165) is 23.7 Å². The Labute approximate surface area is 139 Å². The van der Waals surface area contributed by atoms with Crippen molar-refractivity contribution in [2.75, 3.05) is 19.6 Å². The van der Waals surface area contributed by atoms with Crippen molar-refractivity contribution in [3.8, 4) is 10.6 Å². The predicted octanol–water partition coefficient (Wildman–Crippen LogP) is 3.22. The zero-order chi connectivity index (χ0) is 14.4. The Balaban J connectivity index is 0.00000220. The Morgan fingerprint density at radius 1 is 1.33 bits per heavy atom. The van der Waals surface area contributed by atoms with Crippen LogP contribution in [0.3, 0.4) is 0 Å². The zero-order valence-electron chi connectivity index (χ0n) is 11.6. The molecule has 21 heavy (non-hydrogen) atoms. The molecule has 0 radical (unpaired) electrons. The number of thiazole rings is 1. The summed E-state index contributed by atoms with van der Waals surface area (Å²) in [5, 5.41) is 9.11. The van der Waals surface area contributed by atoms with E-state index in [1.807, 2.05) is 31.2 Å². The lowest BCUT2D eigenvalue weighted by atomic mass is 10.2. The molecule has 0 fully saturated rings. The zero-order valence-corrected chi connectivity index (χ0v) is 13.9. The summed E-state index contributed by atoms with van der Waals surface area (Å²) in [6, 6.07) is 7.48. The fourth-order valence-electron chi connectivity index (χ4n) is 1.67. The van der Waals surface area contributed by atoms with Crippen molar-refractivity contribution >= 4 is 41.3 Å². The first-order chi connectivity index (χ1) is 9.72. The summed E-state index contributed by atoms with van der Waals surface area (Å²) in [6.07, 6.45) is 0. The van der Waals surface area contributed by atoms with Gasteiger partial charge < -0.3 is 10.6 Å².